The van der Waals surface area contributed by atoms with Gasteiger partial charge in [-0.1, -0.05) is 12.1 Å². The van der Waals surface area contributed by atoms with Crippen molar-refractivity contribution in [3.8, 4) is 0 Å². The van der Waals surface area contributed by atoms with E-state index in [1.807, 2.05) is 0 Å². The summed E-state index contributed by atoms with van der Waals surface area (Å²) >= 11 is 5.50. The van der Waals surface area contributed by atoms with Gasteiger partial charge in [-0.3, -0.25) is 0 Å². The molecular formula is C17H29FN4S. The number of thiocarbonyl (C=S) groups is 1. The number of halogens is 1. The number of benzene rings is 1. The predicted octanol–water partition coefficient (Wildman–Crippen LogP) is 2.73. The lowest BCUT2D eigenvalue weighted by Gasteiger charge is -2.27. The Balaban J connectivity index is 2.60. The van der Waals surface area contributed by atoms with Crippen LogP contribution in [0.1, 0.15) is 12.8 Å². The van der Waals surface area contributed by atoms with Gasteiger partial charge < -0.3 is 20.0 Å². The standard InChI is InChI=1S/C17H29FN4S/c1-20(2)11-7-13-22(14-8-12-21(3)4)17(23)19-16-10-6-5-9-15(16)18/h5-6,9-10H,7-8,11-14H2,1-4H3,(H,19,23). The van der Waals surface area contributed by atoms with E-state index in [1.165, 1.54) is 6.07 Å². The first kappa shape index (κ1) is 19.8. The molecule has 0 aliphatic heterocycles. The molecule has 0 bridgehead atoms. The summed E-state index contributed by atoms with van der Waals surface area (Å²) in [6.07, 6.45) is 2.04. The van der Waals surface area contributed by atoms with Gasteiger partial charge in [0, 0.05) is 13.1 Å². The minimum Gasteiger partial charge on any atom is -0.349 e. The third-order valence-electron chi connectivity index (χ3n) is 3.47. The molecule has 6 heteroatoms. The van der Waals surface area contributed by atoms with Crippen molar-refractivity contribution in [3.05, 3.63) is 30.1 Å². The fraction of sp³-hybridized carbons (Fsp3) is 0.588. The predicted molar refractivity (Wildman–Crippen MR) is 101 cm³/mol. The maximum Gasteiger partial charge on any atom is 0.173 e. The number of hydrogen-bond donors (Lipinski definition) is 1. The van der Waals surface area contributed by atoms with Crippen LogP contribution < -0.4 is 5.32 Å². The van der Waals surface area contributed by atoms with Crippen molar-refractivity contribution >= 4 is 23.0 Å². The lowest BCUT2D eigenvalue weighted by atomic mass is 10.3. The van der Waals surface area contributed by atoms with Crippen LogP contribution in [0.3, 0.4) is 0 Å². The van der Waals surface area contributed by atoms with Gasteiger partial charge in [0.25, 0.3) is 0 Å². The normalized spacial score (nSPS) is 11.1. The van der Waals surface area contributed by atoms with E-state index in [0.29, 0.717) is 10.8 Å². The summed E-state index contributed by atoms with van der Waals surface area (Å²) in [6, 6.07) is 6.62. The summed E-state index contributed by atoms with van der Waals surface area (Å²) in [5.41, 5.74) is 0.433. The second-order valence-corrected chi connectivity index (χ2v) is 6.60. The Hall–Kier alpha value is -1.24. The topological polar surface area (TPSA) is 21.8 Å². The Morgan fingerprint density at radius 1 is 0.957 bits per heavy atom. The van der Waals surface area contributed by atoms with Crippen LogP contribution in [0, 0.1) is 5.82 Å². The first-order valence-corrected chi connectivity index (χ1v) is 8.41. The summed E-state index contributed by atoms with van der Waals surface area (Å²) in [6.45, 7) is 3.75. The number of anilines is 1. The van der Waals surface area contributed by atoms with E-state index in [4.69, 9.17) is 12.2 Å². The summed E-state index contributed by atoms with van der Waals surface area (Å²) in [5.74, 6) is -0.281. The first-order valence-electron chi connectivity index (χ1n) is 8.00. The molecule has 1 rings (SSSR count). The quantitative estimate of drug-likeness (QED) is 0.696. The van der Waals surface area contributed by atoms with Gasteiger partial charge in [0.05, 0.1) is 5.69 Å². The molecule has 0 aliphatic carbocycles. The number of para-hydroxylation sites is 1. The van der Waals surface area contributed by atoms with Gasteiger partial charge in [-0.25, -0.2) is 4.39 Å². The van der Waals surface area contributed by atoms with Crippen molar-refractivity contribution in [2.45, 2.75) is 12.8 Å². The van der Waals surface area contributed by atoms with Gasteiger partial charge in [-0.05, 0) is 78.5 Å². The van der Waals surface area contributed by atoms with E-state index in [1.54, 1.807) is 18.2 Å². The maximum atomic E-state index is 13.8. The van der Waals surface area contributed by atoms with Gasteiger partial charge in [-0.15, -0.1) is 0 Å². The highest BCUT2D eigenvalue weighted by molar-refractivity contribution is 7.80. The first-order chi connectivity index (χ1) is 10.9. The van der Waals surface area contributed by atoms with E-state index in [2.05, 4.69) is 48.2 Å². The molecule has 0 amide bonds. The van der Waals surface area contributed by atoms with Crippen LogP contribution in [0.15, 0.2) is 24.3 Å². The molecule has 0 aromatic heterocycles. The molecule has 1 N–H and O–H groups in total. The van der Waals surface area contributed by atoms with E-state index < -0.39 is 0 Å². The molecule has 23 heavy (non-hydrogen) atoms. The zero-order valence-corrected chi connectivity index (χ0v) is 15.5. The average molecular weight is 341 g/mol. The lowest BCUT2D eigenvalue weighted by Crippen LogP contribution is -2.38. The fourth-order valence-electron chi connectivity index (χ4n) is 2.23. The number of rotatable bonds is 9. The van der Waals surface area contributed by atoms with E-state index in [-0.39, 0.29) is 5.82 Å². The molecular weight excluding hydrogens is 311 g/mol. The maximum absolute atomic E-state index is 13.8. The molecule has 130 valence electrons. The number of hydrogen-bond acceptors (Lipinski definition) is 3. The van der Waals surface area contributed by atoms with Crippen LogP contribution in [0.2, 0.25) is 0 Å². The second kappa shape index (κ2) is 10.5. The van der Waals surface area contributed by atoms with Crippen molar-refractivity contribution in [2.24, 2.45) is 0 Å². The highest BCUT2D eigenvalue weighted by Gasteiger charge is 2.11. The third-order valence-corrected chi connectivity index (χ3v) is 3.83. The SMILES string of the molecule is CN(C)CCCN(CCCN(C)C)C(=S)Nc1ccccc1F. The monoisotopic (exact) mass is 340 g/mol. The highest BCUT2D eigenvalue weighted by Crippen LogP contribution is 2.13. The molecule has 0 saturated heterocycles. The molecule has 4 nitrogen and oxygen atoms in total. The van der Waals surface area contributed by atoms with Crippen molar-refractivity contribution < 1.29 is 4.39 Å². The van der Waals surface area contributed by atoms with Crippen molar-refractivity contribution in [3.63, 3.8) is 0 Å². The van der Waals surface area contributed by atoms with E-state index in [9.17, 15) is 4.39 Å². The van der Waals surface area contributed by atoms with Gasteiger partial charge >= 0.3 is 0 Å². The number of nitrogens with zero attached hydrogens (tertiary/aromatic N) is 3. The molecule has 0 heterocycles. The van der Waals surface area contributed by atoms with Gasteiger partial charge in [0.1, 0.15) is 5.82 Å². The molecule has 0 aliphatic rings. The van der Waals surface area contributed by atoms with Crippen molar-refractivity contribution in [1.29, 1.82) is 0 Å². The van der Waals surface area contributed by atoms with Gasteiger partial charge in [0.2, 0.25) is 0 Å². The Kier molecular flexibility index (Phi) is 9.06. The van der Waals surface area contributed by atoms with Crippen molar-refractivity contribution in [1.82, 2.24) is 14.7 Å². The average Bonchev–Trinajstić information content (AvgIpc) is 2.47. The van der Waals surface area contributed by atoms with Crippen LogP contribution in [0.5, 0.6) is 0 Å². The molecule has 0 radical (unpaired) electrons. The highest BCUT2D eigenvalue weighted by atomic mass is 32.1. The fourth-order valence-corrected chi connectivity index (χ4v) is 2.52. The van der Waals surface area contributed by atoms with Crippen LogP contribution in [-0.2, 0) is 0 Å². The van der Waals surface area contributed by atoms with E-state index >= 15 is 0 Å². The molecule has 0 spiro atoms. The Morgan fingerprint density at radius 3 is 1.96 bits per heavy atom. The van der Waals surface area contributed by atoms with E-state index in [0.717, 1.165) is 39.0 Å². The van der Waals surface area contributed by atoms with Crippen LogP contribution in [-0.4, -0.2) is 74.2 Å². The zero-order valence-electron chi connectivity index (χ0n) is 14.7. The molecule has 1 aromatic rings. The Morgan fingerprint density at radius 2 is 1.48 bits per heavy atom. The minimum atomic E-state index is -0.281. The summed E-state index contributed by atoms with van der Waals surface area (Å²) in [7, 11) is 8.25. The Labute approximate surface area is 145 Å². The Bertz CT molecular complexity index is 465. The van der Waals surface area contributed by atoms with Crippen LogP contribution >= 0.6 is 12.2 Å². The largest absolute Gasteiger partial charge is 0.349 e. The lowest BCUT2D eigenvalue weighted by molar-refractivity contribution is 0.325. The van der Waals surface area contributed by atoms with Gasteiger partial charge in [0.15, 0.2) is 5.11 Å². The summed E-state index contributed by atoms with van der Waals surface area (Å²) in [5, 5.41) is 3.63. The molecule has 0 unspecified atom stereocenters. The molecule has 0 atom stereocenters. The van der Waals surface area contributed by atoms with Crippen molar-refractivity contribution in [2.75, 3.05) is 59.7 Å². The molecule has 0 saturated carbocycles. The van der Waals surface area contributed by atoms with Gasteiger partial charge in [-0.2, -0.15) is 0 Å². The van der Waals surface area contributed by atoms with Crippen LogP contribution in [0.25, 0.3) is 0 Å². The third kappa shape index (κ3) is 8.25. The molecule has 0 fully saturated rings. The minimum absolute atomic E-state index is 0.281. The smallest absolute Gasteiger partial charge is 0.173 e. The van der Waals surface area contributed by atoms with Crippen LogP contribution in [0.4, 0.5) is 10.1 Å². The molecule has 1 aromatic carbocycles. The summed E-state index contributed by atoms with van der Waals surface area (Å²) in [4.78, 5) is 6.45. The zero-order chi connectivity index (χ0) is 17.2. The summed E-state index contributed by atoms with van der Waals surface area (Å²) < 4.78 is 13.8. The second-order valence-electron chi connectivity index (χ2n) is 6.21. The number of nitrogens with one attached hydrogen (secondary N) is 1.